The van der Waals surface area contributed by atoms with E-state index in [1.54, 1.807) is 0 Å². The SMILES string of the molecule is C=C(C)CC(O)C#CCCCCC. The number of unbranched alkanes of at least 4 members (excludes halogenated alkanes) is 3. The highest BCUT2D eigenvalue weighted by molar-refractivity contribution is 5.08. The fourth-order valence-electron chi connectivity index (χ4n) is 1.03. The van der Waals surface area contributed by atoms with Crippen LogP contribution < -0.4 is 0 Å². The largest absolute Gasteiger partial charge is 0.380 e. The lowest BCUT2D eigenvalue weighted by atomic mass is 10.1. The summed E-state index contributed by atoms with van der Waals surface area (Å²) in [5, 5.41) is 9.34. The first-order chi connectivity index (χ1) is 6.16. The Morgan fingerprint density at radius 3 is 2.69 bits per heavy atom. The number of rotatable bonds is 5. The Morgan fingerprint density at radius 1 is 1.46 bits per heavy atom. The maximum absolute atomic E-state index is 9.34. The summed E-state index contributed by atoms with van der Waals surface area (Å²) in [5.74, 6) is 5.80. The molecule has 0 aromatic carbocycles. The molecule has 0 spiro atoms. The Hall–Kier alpha value is -0.740. The summed E-state index contributed by atoms with van der Waals surface area (Å²) in [6, 6.07) is 0. The molecule has 0 radical (unpaired) electrons. The Balaban J connectivity index is 3.51. The summed E-state index contributed by atoms with van der Waals surface area (Å²) in [7, 11) is 0. The van der Waals surface area contributed by atoms with Crippen LogP contribution in [0.15, 0.2) is 12.2 Å². The van der Waals surface area contributed by atoms with Gasteiger partial charge in [0.15, 0.2) is 0 Å². The van der Waals surface area contributed by atoms with Gasteiger partial charge in [0, 0.05) is 12.8 Å². The van der Waals surface area contributed by atoms with E-state index in [1.807, 2.05) is 6.92 Å². The molecule has 0 amide bonds. The van der Waals surface area contributed by atoms with E-state index >= 15 is 0 Å². The lowest BCUT2D eigenvalue weighted by molar-refractivity contribution is 0.233. The fraction of sp³-hybridized carbons (Fsp3) is 0.667. The molecule has 0 rings (SSSR count). The lowest BCUT2D eigenvalue weighted by Gasteiger charge is -2.00. The first-order valence-corrected chi connectivity index (χ1v) is 4.97. The van der Waals surface area contributed by atoms with Gasteiger partial charge in [-0.25, -0.2) is 0 Å². The summed E-state index contributed by atoms with van der Waals surface area (Å²) < 4.78 is 0. The lowest BCUT2D eigenvalue weighted by Crippen LogP contribution is -2.02. The number of hydrogen-bond donors (Lipinski definition) is 1. The van der Waals surface area contributed by atoms with Crippen LogP contribution in [0.4, 0.5) is 0 Å². The first kappa shape index (κ1) is 12.3. The minimum absolute atomic E-state index is 0.515. The van der Waals surface area contributed by atoms with Crippen LogP contribution in [-0.4, -0.2) is 11.2 Å². The minimum Gasteiger partial charge on any atom is -0.380 e. The molecule has 13 heavy (non-hydrogen) atoms. The third-order valence-corrected chi connectivity index (χ3v) is 1.72. The molecule has 0 fully saturated rings. The highest BCUT2D eigenvalue weighted by atomic mass is 16.3. The molecule has 0 aromatic rings. The number of hydrogen-bond acceptors (Lipinski definition) is 1. The number of aliphatic hydroxyl groups excluding tert-OH is 1. The van der Waals surface area contributed by atoms with Crippen molar-refractivity contribution in [3.63, 3.8) is 0 Å². The first-order valence-electron chi connectivity index (χ1n) is 4.97. The van der Waals surface area contributed by atoms with Gasteiger partial charge in [-0.3, -0.25) is 0 Å². The standard InChI is InChI=1S/C12H20O/c1-4-5-6-7-8-9-12(13)10-11(2)3/h12-13H,2,4-7,10H2,1,3H3. The van der Waals surface area contributed by atoms with Gasteiger partial charge in [0.25, 0.3) is 0 Å². The van der Waals surface area contributed by atoms with Crippen LogP contribution >= 0.6 is 0 Å². The van der Waals surface area contributed by atoms with Crippen LogP contribution in [0.25, 0.3) is 0 Å². The fourth-order valence-corrected chi connectivity index (χ4v) is 1.03. The molecule has 0 aliphatic heterocycles. The van der Waals surface area contributed by atoms with Gasteiger partial charge >= 0.3 is 0 Å². The summed E-state index contributed by atoms with van der Waals surface area (Å²) in [6.45, 7) is 7.80. The van der Waals surface area contributed by atoms with Crippen molar-refractivity contribution in [3.8, 4) is 11.8 Å². The van der Waals surface area contributed by atoms with Crippen LogP contribution in [0.3, 0.4) is 0 Å². The van der Waals surface area contributed by atoms with E-state index in [9.17, 15) is 5.11 Å². The minimum atomic E-state index is -0.515. The van der Waals surface area contributed by atoms with Crippen molar-refractivity contribution in [3.05, 3.63) is 12.2 Å². The molecule has 0 bridgehead atoms. The smallest absolute Gasteiger partial charge is 0.118 e. The quantitative estimate of drug-likeness (QED) is 0.392. The number of aliphatic hydroxyl groups is 1. The maximum Gasteiger partial charge on any atom is 0.118 e. The van der Waals surface area contributed by atoms with E-state index < -0.39 is 6.10 Å². The van der Waals surface area contributed by atoms with Gasteiger partial charge in [-0.1, -0.05) is 31.3 Å². The topological polar surface area (TPSA) is 20.2 Å². The molecule has 0 aliphatic carbocycles. The molecule has 1 atom stereocenters. The van der Waals surface area contributed by atoms with E-state index in [-0.39, 0.29) is 0 Å². The Kier molecular flexibility index (Phi) is 7.44. The second-order valence-corrected chi connectivity index (χ2v) is 3.46. The van der Waals surface area contributed by atoms with Crippen LogP contribution in [0.5, 0.6) is 0 Å². The Labute approximate surface area is 81.9 Å². The summed E-state index contributed by atoms with van der Waals surface area (Å²) in [6.07, 6.45) is 4.58. The van der Waals surface area contributed by atoms with E-state index in [0.29, 0.717) is 6.42 Å². The molecule has 1 nitrogen and oxygen atoms in total. The van der Waals surface area contributed by atoms with Crippen molar-refractivity contribution in [2.24, 2.45) is 0 Å². The van der Waals surface area contributed by atoms with Gasteiger partial charge in [0.1, 0.15) is 6.10 Å². The van der Waals surface area contributed by atoms with Gasteiger partial charge in [-0.05, 0) is 13.3 Å². The molecule has 74 valence electrons. The molecule has 0 aliphatic rings. The van der Waals surface area contributed by atoms with E-state index in [0.717, 1.165) is 18.4 Å². The summed E-state index contributed by atoms with van der Waals surface area (Å²) in [4.78, 5) is 0. The normalized spacial score (nSPS) is 11.6. The molecule has 0 heterocycles. The van der Waals surface area contributed by atoms with E-state index in [1.165, 1.54) is 12.8 Å². The highest BCUT2D eigenvalue weighted by Crippen LogP contribution is 2.01. The monoisotopic (exact) mass is 180 g/mol. The van der Waals surface area contributed by atoms with Crippen LogP contribution in [-0.2, 0) is 0 Å². The second kappa shape index (κ2) is 7.89. The van der Waals surface area contributed by atoms with Crippen molar-refractivity contribution < 1.29 is 5.11 Å². The molecule has 1 heteroatoms. The van der Waals surface area contributed by atoms with Crippen molar-refractivity contribution in [2.75, 3.05) is 0 Å². The molecule has 1 N–H and O–H groups in total. The van der Waals surface area contributed by atoms with Gasteiger partial charge < -0.3 is 5.11 Å². The molecule has 1 unspecified atom stereocenters. The van der Waals surface area contributed by atoms with Gasteiger partial charge in [0.2, 0.25) is 0 Å². The average Bonchev–Trinajstić information content (AvgIpc) is 2.02. The van der Waals surface area contributed by atoms with Crippen molar-refractivity contribution in [1.29, 1.82) is 0 Å². The van der Waals surface area contributed by atoms with Crippen molar-refractivity contribution in [1.82, 2.24) is 0 Å². The van der Waals surface area contributed by atoms with Gasteiger partial charge in [0.05, 0.1) is 0 Å². The third kappa shape index (κ3) is 9.17. The zero-order valence-electron chi connectivity index (χ0n) is 8.77. The zero-order valence-corrected chi connectivity index (χ0v) is 8.77. The molecular weight excluding hydrogens is 160 g/mol. The zero-order chi connectivity index (χ0) is 10.1. The van der Waals surface area contributed by atoms with Crippen LogP contribution in [0.1, 0.15) is 46.0 Å². The van der Waals surface area contributed by atoms with Crippen LogP contribution in [0, 0.1) is 11.8 Å². The molecule has 0 aromatic heterocycles. The maximum atomic E-state index is 9.34. The van der Waals surface area contributed by atoms with E-state index in [2.05, 4.69) is 25.3 Å². The van der Waals surface area contributed by atoms with Gasteiger partial charge in [-0.15, -0.1) is 12.5 Å². The summed E-state index contributed by atoms with van der Waals surface area (Å²) >= 11 is 0. The second-order valence-electron chi connectivity index (χ2n) is 3.46. The van der Waals surface area contributed by atoms with E-state index in [4.69, 9.17) is 0 Å². The predicted octanol–water partition coefficient (Wildman–Crippen LogP) is 2.90. The van der Waals surface area contributed by atoms with Crippen molar-refractivity contribution in [2.45, 2.75) is 52.1 Å². The van der Waals surface area contributed by atoms with Crippen molar-refractivity contribution >= 4 is 0 Å². The highest BCUT2D eigenvalue weighted by Gasteiger charge is 1.97. The average molecular weight is 180 g/mol. The molecule has 0 saturated carbocycles. The predicted molar refractivity (Wildman–Crippen MR) is 57.4 cm³/mol. The summed E-state index contributed by atoms with van der Waals surface area (Å²) in [5.41, 5.74) is 0.982. The Morgan fingerprint density at radius 2 is 2.15 bits per heavy atom. The third-order valence-electron chi connectivity index (χ3n) is 1.72. The van der Waals surface area contributed by atoms with Crippen LogP contribution in [0.2, 0.25) is 0 Å². The van der Waals surface area contributed by atoms with Gasteiger partial charge in [-0.2, -0.15) is 0 Å². The molecular formula is C12H20O. The molecule has 0 saturated heterocycles. The Bertz CT molecular complexity index is 195.